The normalized spacial score (nSPS) is 27.0. The molecule has 0 unspecified atom stereocenters. The molecule has 2 fully saturated rings. The zero-order valence-electron chi connectivity index (χ0n) is 13.1. The van der Waals surface area contributed by atoms with E-state index in [4.69, 9.17) is 0 Å². The summed E-state index contributed by atoms with van der Waals surface area (Å²) in [4.78, 5) is 0. The van der Waals surface area contributed by atoms with Crippen molar-refractivity contribution in [2.24, 2.45) is 0 Å². The lowest BCUT2D eigenvalue weighted by Crippen LogP contribution is -2.26. The summed E-state index contributed by atoms with van der Waals surface area (Å²) in [5.74, 6) is 0. The zero-order chi connectivity index (χ0) is 13.8. The van der Waals surface area contributed by atoms with E-state index in [1.807, 2.05) is 0 Å². The van der Waals surface area contributed by atoms with Crippen LogP contribution in [-0.4, -0.2) is 17.0 Å². The fourth-order valence-electron chi connectivity index (χ4n) is 4.53. The Morgan fingerprint density at radius 1 is 0.850 bits per heavy atom. The average molecular weight is 289 g/mol. The van der Waals surface area contributed by atoms with E-state index >= 15 is 0 Å². The van der Waals surface area contributed by atoms with Gasteiger partial charge in [-0.05, 0) is 42.7 Å². The van der Waals surface area contributed by atoms with Crippen LogP contribution in [0.2, 0.25) is 0 Å². The van der Waals surface area contributed by atoms with Gasteiger partial charge in [0.05, 0.1) is 0 Å². The van der Waals surface area contributed by atoms with E-state index < -0.39 is 0 Å². The lowest BCUT2D eigenvalue weighted by molar-refractivity contribution is 0.482. The van der Waals surface area contributed by atoms with Crippen molar-refractivity contribution in [1.29, 1.82) is 0 Å². The van der Waals surface area contributed by atoms with Crippen molar-refractivity contribution in [3.8, 4) is 0 Å². The third-order valence-corrected chi connectivity index (χ3v) is 9.52. The Kier molecular flexibility index (Phi) is 5.38. The molecule has 0 nitrogen and oxygen atoms in total. The summed E-state index contributed by atoms with van der Waals surface area (Å²) in [7, 11) is 0.191. The summed E-state index contributed by atoms with van der Waals surface area (Å²) in [6, 6.07) is 0. The van der Waals surface area contributed by atoms with Crippen LogP contribution in [0.3, 0.4) is 0 Å². The fraction of sp³-hybridized carbons (Fsp3) is 0.737. The first kappa shape index (κ1) is 14.8. The van der Waals surface area contributed by atoms with Gasteiger partial charge in [-0.25, -0.2) is 0 Å². The summed E-state index contributed by atoms with van der Waals surface area (Å²) in [6.07, 6.45) is 24.4. The smallest absolute Gasteiger partial charge is 0.00899 e. The fourth-order valence-corrected chi connectivity index (χ4v) is 8.83. The van der Waals surface area contributed by atoms with Gasteiger partial charge in [0, 0.05) is 6.42 Å². The second-order valence-electron chi connectivity index (χ2n) is 6.93. The van der Waals surface area contributed by atoms with Gasteiger partial charge >= 0.3 is 0 Å². The molecule has 0 amide bonds. The molecule has 1 radical (unpaired) electrons. The van der Waals surface area contributed by atoms with Crippen molar-refractivity contribution < 1.29 is 0 Å². The highest BCUT2D eigenvalue weighted by molar-refractivity contribution is 7.60. The molecule has 0 N–H and O–H groups in total. The third kappa shape index (κ3) is 3.38. The lowest BCUT2D eigenvalue weighted by Gasteiger charge is -2.42. The van der Waals surface area contributed by atoms with Crippen molar-refractivity contribution in [3.05, 3.63) is 30.2 Å². The van der Waals surface area contributed by atoms with Gasteiger partial charge in [-0.3, -0.25) is 0 Å². The Labute approximate surface area is 126 Å². The molecule has 111 valence electrons. The molecule has 0 aromatic heterocycles. The van der Waals surface area contributed by atoms with E-state index in [2.05, 4.69) is 31.6 Å². The minimum Gasteiger partial charge on any atom is -0.0932 e. The molecule has 0 heterocycles. The van der Waals surface area contributed by atoms with Crippen molar-refractivity contribution in [1.82, 2.24) is 0 Å². The van der Waals surface area contributed by atoms with Crippen molar-refractivity contribution in [2.75, 3.05) is 0 Å². The van der Waals surface area contributed by atoms with E-state index in [0.717, 1.165) is 17.0 Å². The molecule has 0 saturated heterocycles. The van der Waals surface area contributed by atoms with Crippen LogP contribution in [-0.2, 0) is 0 Å². The molecule has 0 aromatic carbocycles. The Balaban J connectivity index is 1.74. The van der Waals surface area contributed by atoms with Crippen molar-refractivity contribution >= 4 is 7.92 Å². The number of allylic oxidation sites excluding steroid dienone is 4. The maximum absolute atomic E-state index is 2.55. The van der Waals surface area contributed by atoms with E-state index in [-0.39, 0.29) is 7.92 Å². The van der Waals surface area contributed by atoms with Crippen molar-refractivity contribution in [3.63, 3.8) is 0 Å². The number of hydrogen-bond donors (Lipinski definition) is 0. The van der Waals surface area contributed by atoms with Gasteiger partial charge in [-0.2, -0.15) is 0 Å². The van der Waals surface area contributed by atoms with Crippen LogP contribution in [0, 0.1) is 6.42 Å². The van der Waals surface area contributed by atoms with Crippen LogP contribution in [0.25, 0.3) is 0 Å². The highest BCUT2D eigenvalue weighted by Gasteiger charge is 2.35. The zero-order valence-corrected chi connectivity index (χ0v) is 14.0. The first-order valence-corrected chi connectivity index (χ1v) is 10.4. The molecule has 0 aromatic rings. The van der Waals surface area contributed by atoms with Crippen LogP contribution in [0.4, 0.5) is 0 Å². The second kappa shape index (κ2) is 7.26. The van der Waals surface area contributed by atoms with Crippen LogP contribution < -0.4 is 0 Å². The Morgan fingerprint density at radius 2 is 1.40 bits per heavy atom. The summed E-state index contributed by atoms with van der Waals surface area (Å²) in [6.45, 7) is 2.55. The van der Waals surface area contributed by atoms with Crippen molar-refractivity contribution in [2.45, 2.75) is 88.1 Å². The van der Waals surface area contributed by atoms with Crippen LogP contribution in [0.1, 0.15) is 71.1 Å². The molecule has 1 atom stereocenters. The maximum atomic E-state index is 2.55. The van der Waals surface area contributed by atoms with Crippen LogP contribution >= 0.6 is 7.92 Å². The van der Waals surface area contributed by atoms with Crippen LogP contribution in [0.5, 0.6) is 0 Å². The number of hydrogen-bond acceptors (Lipinski definition) is 0. The minimum absolute atomic E-state index is 0.191. The largest absolute Gasteiger partial charge is 0.0932 e. The van der Waals surface area contributed by atoms with Gasteiger partial charge in [0.25, 0.3) is 0 Å². The predicted molar refractivity (Wildman–Crippen MR) is 91.7 cm³/mol. The van der Waals surface area contributed by atoms with Gasteiger partial charge in [0.15, 0.2) is 0 Å². The molecule has 3 rings (SSSR count). The first-order chi connectivity index (χ1) is 9.86. The lowest BCUT2D eigenvalue weighted by atomic mass is 9.99. The molecule has 3 aliphatic rings. The average Bonchev–Trinajstić information content (AvgIpc) is 3.04. The first-order valence-electron chi connectivity index (χ1n) is 8.85. The van der Waals surface area contributed by atoms with Gasteiger partial charge in [0.1, 0.15) is 0 Å². The summed E-state index contributed by atoms with van der Waals surface area (Å²) < 4.78 is 0. The Hall–Kier alpha value is -0.0900. The second-order valence-corrected chi connectivity index (χ2v) is 10.1. The van der Waals surface area contributed by atoms with E-state index in [1.165, 1.54) is 64.2 Å². The molecule has 1 heteroatoms. The molecule has 0 spiro atoms. The highest BCUT2D eigenvalue weighted by Crippen LogP contribution is 2.60. The van der Waals surface area contributed by atoms with E-state index in [0.29, 0.717) is 0 Å². The van der Waals surface area contributed by atoms with E-state index in [9.17, 15) is 0 Å². The van der Waals surface area contributed by atoms with Gasteiger partial charge in [0.2, 0.25) is 0 Å². The maximum Gasteiger partial charge on any atom is 0.00899 e. The molecule has 2 saturated carbocycles. The molecule has 3 aliphatic carbocycles. The van der Waals surface area contributed by atoms with Gasteiger partial charge in [-0.1, -0.05) is 77.2 Å². The monoisotopic (exact) mass is 289 g/mol. The third-order valence-electron chi connectivity index (χ3n) is 5.61. The summed E-state index contributed by atoms with van der Waals surface area (Å²) >= 11 is 0. The Morgan fingerprint density at radius 3 is 1.85 bits per heavy atom. The number of rotatable bonds is 4. The molecule has 0 aliphatic heterocycles. The van der Waals surface area contributed by atoms with E-state index in [1.54, 1.807) is 5.57 Å². The molecular weight excluding hydrogens is 259 g/mol. The SMILES string of the molecule is C[C@H](C1=CC=C[CH]1)P(C1CCCCC1)C1CCCCC1. The predicted octanol–water partition coefficient (Wildman–Crippen LogP) is 6.22. The molecular formula is C19H30P. The van der Waals surface area contributed by atoms with Gasteiger partial charge < -0.3 is 0 Å². The topological polar surface area (TPSA) is 0 Å². The molecule has 0 bridgehead atoms. The molecule has 20 heavy (non-hydrogen) atoms. The van der Waals surface area contributed by atoms with Gasteiger partial charge in [-0.15, -0.1) is 0 Å². The minimum atomic E-state index is 0.191. The highest BCUT2D eigenvalue weighted by atomic mass is 31.1. The Bertz CT molecular complexity index is 338. The quantitative estimate of drug-likeness (QED) is 0.539. The standard InChI is InChI=1S/C19H30P/c1-16(17-10-8-9-11-17)20(18-12-4-2-5-13-18)19-14-6-3-7-15-19/h8-11,16,18-19H,2-7,12-15H2,1H3/t16-/m1/s1. The van der Waals surface area contributed by atoms with Crippen LogP contribution in [0.15, 0.2) is 23.8 Å². The summed E-state index contributed by atoms with van der Waals surface area (Å²) in [5.41, 5.74) is 4.62. The summed E-state index contributed by atoms with van der Waals surface area (Å²) in [5, 5.41) is 0.